The fourth-order valence-corrected chi connectivity index (χ4v) is 1.95. The molecular formula is C17H18N2O4. The van der Waals surface area contributed by atoms with E-state index in [1.165, 1.54) is 18.3 Å². The third kappa shape index (κ3) is 4.74. The number of phenolic OH excluding ortho intramolecular Hbond substituents is 1. The molecule has 6 nitrogen and oxygen atoms in total. The minimum absolute atomic E-state index is 0.164. The second-order valence-corrected chi connectivity index (χ2v) is 4.74. The Bertz CT molecular complexity index is 696. The van der Waals surface area contributed by atoms with Gasteiger partial charge in [-0.05, 0) is 35.9 Å². The third-order valence-electron chi connectivity index (χ3n) is 3.13. The number of carbonyl (C=O) groups excluding carboxylic acids is 1. The maximum atomic E-state index is 11.8. The summed E-state index contributed by atoms with van der Waals surface area (Å²) < 4.78 is 10.4. The SMILES string of the molecule is COc1ccc(OC)c(/C=N\NC(=O)Cc2ccc(O)cc2)c1. The molecule has 2 N–H and O–H groups in total. The van der Waals surface area contributed by atoms with Crippen LogP contribution in [0.5, 0.6) is 17.2 Å². The van der Waals surface area contributed by atoms with Crippen LogP contribution in [0.4, 0.5) is 0 Å². The second kappa shape index (κ2) is 7.84. The Hall–Kier alpha value is -3.02. The summed E-state index contributed by atoms with van der Waals surface area (Å²) in [5, 5.41) is 13.1. The van der Waals surface area contributed by atoms with E-state index in [1.807, 2.05) is 0 Å². The van der Waals surface area contributed by atoms with Crippen LogP contribution in [0.1, 0.15) is 11.1 Å². The minimum atomic E-state index is -0.256. The molecule has 0 bridgehead atoms. The molecule has 0 heterocycles. The predicted molar refractivity (Wildman–Crippen MR) is 87.1 cm³/mol. The van der Waals surface area contributed by atoms with E-state index >= 15 is 0 Å². The lowest BCUT2D eigenvalue weighted by molar-refractivity contribution is -0.120. The fourth-order valence-electron chi connectivity index (χ4n) is 1.95. The molecule has 0 aliphatic heterocycles. The van der Waals surface area contributed by atoms with E-state index in [4.69, 9.17) is 9.47 Å². The van der Waals surface area contributed by atoms with E-state index in [0.29, 0.717) is 17.1 Å². The summed E-state index contributed by atoms with van der Waals surface area (Å²) >= 11 is 0. The standard InChI is InChI=1S/C17H18N2O4/c1-22-15-7-8-16(23-2)13(10-15)11-18-19-17(21)9-12-3-5-14(20)6-4-12/h3-8,10-11,20H,9H2,1-2H3,(H,19,21)/b18-11-. The first-order valence-electron chi connectivity index (χ1n) is 6.94. The van der Waals surface area contributed by atoms with Gasteiger partial charge in [0.2, 0.25) is 5.91 Å². The number of rotatable bonds is 6. The van der Waals surface area contributed by atoms with E-state index in [9.17, 15) is 9.90 Å². The molecule has 0 saturated carbocycles. The summed E-state index contributed by atoms with van der Waals surface area (Å²) in [5.74, 6) is 1.20. The van der Waals surface area contributed by atoms with Crippen LogP contribution in [0.2, 0.25) is 0 Å². The van der Waals surface area contributed by atoms with E-state index in [2.05, 4.69) is 10.5 Å². The van der Waals surface area contributed by atoms with Gasteiger partial charge in [-0.15, -0.1) is 0 Å². The lowest BCUT2D eigenvalue weighted by atomic mass is 10.1. The highest BCUT2D eigenvalue weighted by molar-refractivity contribution is 5.86. The number of aromatic hydroxyl groups is 1. The molecule has 0 radical (unpaired) electrons. The van der Waals surface area contributed by atoms with E-state index in [1.54, 1.807) is 44.6 Å². The number of hydrogen-bond acceptors (Lipinski definition) is 5. The Labute approximate surface area is 134 Å². The number of methoxy groups -OCH3 is 2. The quantitative estimate of drug-likeness (QED) is 0.632. The monoisotopic (exact) mass is 314 g/mol. The number of hydrogen-bond donors (Lipinski definition) is 2. The molecule has 0 spiro atoms. The van der Waals surface area contributed by atoms with Crippen molar-refractivity contribution in [2.45, 2.75) is 6.42 Å². The van der Waals surface area contributed by atoms with Gasteiger partial charge in [0, 0.05) is 5.56 Å². The first kappa shape index (κ1) is 16.4. The summed E-state index contributed by atoms with van der Waals surface area (Å²) in [7, 11) is 3.13. The van der Waals surface area contributed by atoms with Crippen LogP contribution in [0.25, 0.3) is 0 Å². The highest BCUT2D eigenvalue weighted by atomic mass is 16.5. The Morgan fingerprint density at radius 3 is 2.57 bits per heavy atom. The average Bonchev–Trinajstić information content (AvgIpc) is 2.57. The Morgan fingerprint density at radius 2 is 1.91 bits per heavy atom. The molecule has 1 amide bonds. The van der Waals surface area contributed by atoms with Crippen molar-refractivity contribution in [3.8, 4) is 17.2 Å². The zero-order chi connectivity index (χ0) is 16.7. The van der Waals surface area contributed by atoms with Crippen molar-refractivity contribution < 1.29 is 19.4 Å². The largest absolute Gasteiger partial charge is 0.508 e. The summed E-state index contributed by atoms with van der Waals surface area (Å²) in [6.45, 7) is 0. The van der Waals surface area contributed by atoms with Crippen molar-refractivity contribution in [2.75, 3.05) is 14.2 Å². The molecule has 120 valence electrons. The highest BCUT2D eigenvalue weighted by Gasteiger charge is 2.04. The van der Waals surface area contributed by atoms with Gasteiger partial charge in [0.1, 0.15) is 17.2 Å². The number of ether oxygens (including phenoxy) is 2. The first-order valence-corrected chi connectivity index (χ1v) is 6.94. The smallest absolute Gasteiger partial charge is 0.244 e. The predicted octanol–water partition coefficient (Wildman–Crippen LogP) is 2.10. The number of nitrogens with zero attached hydrogens (tertiary/aromatic N) is 1. The van der Waals surface area contributed by atoms with Crippen molar-refractivity contribution in [2.24, 2.45) is 5.10 Å². The van der Waals surface area contributed by atoms with E-state index < -0.39 is 0 Å². The molecule has 0 atom stereocenters. The highest BCUT2D eigenvalue weighted by Crippen LogP contribution is 2.22. The summed E-state index contributed by atoms with van der Waals surface area (Å²) in [6, 6.07) is 11.7. The van der Waals surface area contributed by atoms with Crippen LogP contribution in [0, 0.1) is 0 Å². The van der Waals surface area contributed by atoms with Crippen LogP contribution < -0.4 is 14.9 Å². The second-order valence-electron chi connectivity index (χ2n) is 4.74. The van der Waals surface area contributed by atoms with Gasteiger partial charge in [0.15, 0.2) is 0 Å². The van der Waals surface area contributed by atoms with Gasteiger partial charge in [-0.3, -0.25) is 4.79 Å². The summed E-state index contributed by atoms with van der Waals surface area (Å²) in [6.07, 6.45) is 1.67. The molecule has 0 fully saturated rings. The van der Waals surface area contributed by atoms with Crippen molar-refractivity contribution >= 4 is 12.1 Å². The number of amides is 1. The fraction of sp³-hybridized carbons (Fsp3) is 0.176. The average molecular weight is 314 g/mol. The Balaban J connectivity index is 1.98. The van der Waals surface area contributed by atoms with Gasteiger partial charge in [0.25, 0.3) is 0 Å². The Kier molecular flexibility index (Phi) is 5.57. The molecule has 0 unspecified atom stereocenters. The van der Waals surface area contributed by atoms with Gasteiger partial charge in [-0.25, -0.2) is 5.43 Å². The summed E-state index contributed by atoms with van der Waals surface area (Å²) in [4.78, 5) is 11.8. The van der Waals surface area contributed by atoms with Crippen LogP contribution in [0.15, 0.2) is 47.6 Å². The topological polar surface area (TPSA) is 80.2 Å². The molecule has 6 heteroatoms. The third-order valence-corrected chi connectivity index (χ3v) is 3.13. The van der Waals surface area contributed by atoms with Gasteiger partial charge < -0.3 is 14.6 Å². The molecule has 2 rings (SSSR count). The number of phenols is 1. The minimum Gasteiger partial charge on any atom is -0.508 e. The van der Waals surface area contributed by atoms with Gasteiger partial charge in [0.05, 0.1) is 26.9 Å². The molecule has 23 heavy (non-hydrogen) atoms. The molecular weight excluding hydrogens is 296 g/mol. The summed E-state index contributed by atoms with van der Waals surface area (Å²) in [5.41, 5.74) is 3.93. The normalized spacial score (nSPS) is 10.5. The van der Waals surface area contributed by atoms with Gasteiger partial charge >= 0.3 is 0 Å². The van der Waals surface area contributed by atoms with Crippen LogP contribution in [0.3, 0.4) is 0 Å². The number of carbonyl (C=O) groups is 1. The lowest BCUT2D eigenvalue weighted by Gasteiger charge is -2.06. The number of nitrogens with one attached hydrogen (secondary N) is 1. The Morgan fingerprint density at radius 1 is 1.17 bits per heavy atom. The van der Waals surface area contributed by atoms with E-state index in [0.717, 1.165) is 5.56 Å². The van der Waals surface area contributed by atoms with Crippen molar-refractivity contribution in [3.05, 3.63) is 53.6 Å². The molecule has 0 aliphatic rings. The molecule has 2 aromatic carbocycles. The van der Waals surface area contributed by atoms with Crippen LogP contribution >= 0.6 is 0 Å². The van der Waals surface area contributed by atoms with Crippen molar-refractivity contribution in [1.82, 2.24) is 5.43 Å². The van der Waals surface area contributed by atoms with E-state index in [-0.39, 0.29) is 18.1 Å². The lowest BCUT2D eigenvalue weighted by Crippen LogP contribution is -2.19. The zero-order valence-corrected chi connectivity index (χ0v) is 12.9. The number of hydrazone groups is 1. The maximum absolute atomic E-state index is 11.8. The van der Waals surface area contributed by atoms with Gasteiger partial charge in [-0.2, -0.15) is 5.10 Å². The van der Waals surface area contributed by atoms with Crippen molar-refractivity contribution in [1.29, 1.82) is 0 Å². The van der Waals surface area contributed by atoms with Gasteiger partial charge in [-0.1, -0.05) is 12.1 Å². The number of benzene rings is 2. The first-order chi connectivity index (χ1) is 11.1. The molecule has 0 saturated heterocycles. The molecule has 2 aromatic rings. The zero-order valence-electron chi connectivity index (χ0n) is 12.9. The van der Waals surface area contributed by atoms with Crippen LogP contribution in [-0.2, 0) is 11.2 Å². The van der Waals surface area contributed by atoms with Crippen LogP contribution in [-0.4, -0.2) is 31.4 Å². The maximum Gasteiger partial charge on any atom is 0.244 e. The molecule has 0 aliphatic carbocycles. The molecule has 0 aromatic heterocycles. The van der Waals surface area contributed by atoms with Crippen molar-refractivity contribution in [3.63, 3.8) is 0 Å².